The SMILES string of the molecule is Cc1nc(Cc2ccccc2)sc1CO. The summed E-state index contributed by atoms with van der Waals surface area (Å²) in [4.78, 5) is 5.41. The summed E-state index contributed by atoms with van der Waals surface area (Å²) in [5.41, 5.74) is 2.21. The minimum absolute atomic E-state index is 0.0955. The Morgan fingerprint density at radius 3 is 2.60 bits per heavy atom. The maximum atomic E-state index is 9.07. The lowest BCUT2D eigenvalue weighted by atomic mass is 10.2. The quantitative estimate of drug-likeness (QED) is 0.860. The summed E-state index contributed by atoms with van der Waals surface area (Å²) >= 11 is 1.59. The Balaban J connectivity index is 2.18. The third-order valence-corrected chi connectivity index (χ3v) is 3.42. The topological polar surface area (TPSA) is 33.1 Å². The Morgan fingerprint density at radius 2 is 2.00 bits per heavy atom. The molecule has 0 saturated carbocycles. The highest BCUT2D eigenvalue weighted by Gasteiger charge is 2.06. The molecule has 2 nitrogen and oxygen atoms in total. The zero-order valence-corrected chi connectivity index (χ0v) is 9.42. The Labute approximate surface area is 93.2 Å². The van der Waals surface area contributed by atoms with Crippen molar-refractivity contribution in [3.05, 3.63) is 51.5 Å². The third-order valence-electron chi connectivity index (χ3n) is 2.28. The number of nitrogens with zero attached hydrogens (tertiary/aromatic N) is 1. The molecular formula is C12H13NOS. The lowest BCUT2D eigenvalue weighted by molar-refractivity contribution is 0.284. The molecule has 0 spiro atoms. The first-order valence-electron chi connectivity index (χ1n) is 4.89. The van der Waals surface area contributed by atoms with E-state index < -0.39 is 0 Å². The van der Waals surface area contributed by atoms with Crippen molar-refractivity contribution in [3.8, 4) is 0 Å². The van der Waals surface area contributed by atoms with Crippen LogP contribution in [0.3, 0.4) is 0 Å². The molecule has 1 N–H and O–H groups in total. The van der Waals surface area contributed by atoms with Crippen LogP contribution in [0.25, 0.3) is 0 Å². The molecule has 0 fully saturated rings. The van der Waals surface area contributed by atoms with Crippen LogP contribution in [0, 0.1) is 6.92 Å². The molecule has 0 amide bonds. The first-order valence-corrected chi connectivity index (χ1v) is 5.71. The van der Waals surface area contributed by atoms with Crippen molar-refractivity contribution in [1.82, 2.24) is 4.98 Å². The predicted octanol–water partition coefficient (Wildman–Crippen LogP) is 2.53. The summed E-state index contributed by atoms with van der Waals surface area (Å²) in [6.45, 7) is 2.04. The third kappa shape index (κ3) is 2.43. The first-order chi connectivity index (χ1) is 7.29. The molecule has 15 heavy (non-hydrogen) atoms. The van der Waals surface area contributed by atoms with Gasteiger partial charge in [0.05, 0.1) is 22.2 Å². The number of aliphatic hydroxyl groups excluding tert-OH is 1. The minimum atomic E-state index is 0.0955. The van der Waals surface area contributed by atoms with Crippen LogP contribution >= 0.6 is 11.3 Å². The van der Waals surface area contributed by atoms with Crippen LogP contribution in [-0.2, 0) is 13.0 Å². The molecule has 2 aromatic rings. The summed E-state index contributed by atoms with van der Waals surface area (Å²) in [5, 5.41) is 10.1. The van der Waals surface area contributed by atoms with Crippen LogP contribution in [0.4, 0.5) is 0 Å². The number of hydrogen-bond donors (Lipinski definition) is 1. The van der Waals surface area contributed by atoms with Crippen LogP contribution in [0.1, 0.15) is 21.1 Å². The molecule has 0 aliphatic heterocycles. The fraction of sp³-hybridized carbons (Fsp3) is 0.250. The second-order valence-electron chi connectivity index (χ2n) is 3.44. The standard InChI is InChI=1S/C12H13NOS/c1-9-11(8-14)15-12(13-9)7-10-5-3-2-4-6-10/h2-6,14H,7-8H2,1H3. The molecule has 0 aliphatic rings. The van der Waals surface area contributed by atoms with Gasteiger partial charge in [-0.25, -0.2) is 4.98 Å². The van der Waals surface area contributed by atoms with Crippen molar-refractivity contribution < 1.29 is 5.11 Å². The van der Waals surface area contributed by atoms with Crippen LogP contribution < -0.4 is 0 Å². The van der Waals surface area contributed by atoms with Gasteiger partial charge < -0.3 is 5.11 Å². The van der Waals surface area contributed by atoms with Crippen molar-refractivity contribution in [2.45, 2.75) is 20.0 Å². The number of hydrogen-bond acceptors (Lipinski definition) is 3. The molecule has 3 heteroatoms. The number of rotatable bonds is 3. The second kappa shape index (κ2) is 4.55. The molecule has 0 saturated heterocycles. The predicted molar refractivity (Wildman–Crippen MR) is 62.0 cm³/mol. The molecule has 0 bridgehead atoms. The maximum absolute atomic E-state index is 9.07. The summed E-state index contributed by atoms with van der Waals surface area (Å²) in [7, 11) is 0. The van der Waals surface area contributed by atoms with Gasteiger partial charge in [0, 0.05) is 6.42 Å². The lowest BCUT2D eigenvalue weighted by Crippen LogP contribution is -1.86. The summed E-state index contributed by atoms with van der Waals surface area (Å²) in [6, 6.07) is 10.3. The monoisotopic (exact) mass is 219 g/mol. The van der Waals surface area contributed by atoms with Gasteiger partial charge in [-0.3, -0.25) is 0 Å². The molecule has 0 unspecified atom stereocenters. The van der Waals surface area contributed by atoms with Crippen molar-refractivity contribution in [1.29, 1.82) is 0 Å². The molecule has 1 heterocycles. The fourth-order valence-corrected chi connectivity index (χ4v) is 2.44. The highest BCUT2D eigenvalue weighted by atomic mass is 32.1. The summed E-state index contributed by atoms with van der Waals surface area (Å²) < 4.78 is 0. The number of benzene rings is 1. The van der Waals surface area contributed by atoms with Gasteiger partial charge in [-0.05, 0) is 12.5 Å². The van der Waals surface area contributed by atoms with E-state index in [1.54, 1.807) is 11.3 Å². The van der Waals surface area contributed by atoms with E-state index in [4.69, 9.17) is 5.11 Å². The summed E-state index contributed by atoms with van der Waals surface area (Å²) in [5.74, 6) is 0. The van der Waals surface area contributed by atoms with Gasteiger partial charge in [-0.15, -0.1) is 11.3 Å². The van der Waals surface area contributed by atoms with Gasteiger partial charge in [-0.2, -0.15) is 0 Å². The highest BCUT2D eigenvalue weighted by molar-refractivity contribution is 7.11. The number of aliphatic hydroxyl groups is 1. The van der Waals surface area contributed by atoms with Crippen molar-refractivity contribution in [2.24, 2.45) is 0 Å². The van der Waals surface area contributed by atoms with Gasteiger partial charge >= 0.3 is 0 Å². The Kier molecular flexibility index (Phi) is 3.14. The smallest absolute Gasteiger partial charge is 0.0975 e. The molecule has 1 aromatic carbocycles. The highest BCUT2D eigenvalue weighted by Crippen LogP contribution is 2.20. The molecular weight excluding hydrogens is 206 g/mol. The second-order valence-corrected chi connectivity index (χ2v) is 4.60. The average molecular weight is 219 g/mol. The van der Waals surface area contributed by atoms with E-state index in [1.807, 2.05) is 25.1 Å². The van der Waals surface area contributed by atoms with E-state index in [2.05, 4.69) is 17.1 Å². The normalized spacial score (nSPS) is 10.5. The van der Waals surface area contributed by atoms with E-state index in [1.165, 1.54) is 5.56 Å². The zero-order valence-electron chi connectivity index (χ0n) is 8.60. The van der Waals surface area contributed by atoms with E-state index in [-0.39, 0.29) is 6.61 Å². The maximum Gasteiger partial charge on any atom is 0.0975 e. The largest absolute Gasteiger partial charge is 0.391 e. The van der Waals surface area contributed by atoms with Crippen molar-refractivity contribution in [3.63, 3.8) is 0 Å². The zero-order chi connectivity index (χ0) is 10.7. The molecule has 0 radical (unpaired) electrons. The van der Waals surface area contributed by atoms with Crippen molar-refractivity contribution >= 4 is 11.3 Å². The van der Waals surface area contributed by atoms with Gasteiger partial charge in [0.2, 0.25) is 0 Å². The Bertz CT molecular complexity index is 436. The first kappa shape index (κ1) is 10.3. The van der Waals surface area contributed by atoms with Gasteiger partial charge in [0.1, 0.15) is 0 Å². The number of aryl methyl sites for hydroxylation is 1. The molecule has 78 valence electrons. The van der Waals surface area contributed by atoms with E-state index >= 15 is 0 Å². The Morgan fingerprint density at radius 1 is 1.27 bits per heavy atom. The van der Waals surface area contributed by atoms with Crippen LogP contribution in [-0.4, -0.2) is 10.1 Å². The van der Waals surface area contributed by atoms with Crippen LogP contribution in [0.5, 0.6) is 0 Å². The molecule has 1 aromatic heterocycles. The van der Waals surface area contributed by atoms with E-state index in [0.717, 1.165) is 22.0 Å². The van der Waals surface area contributed by atoms with Gasteiger partial charge in [-0.1, -0.05) is 30.3 Å². The molecule has 0 aliphatic carbocycles. The number of aromatic nitrogens is 1. The Hall–Kier alpha value is -1.19. The van der Waals surface area contributed by atoms with E-state index in [9.17, 15) is 0 Å². The fourth-order valence-electron chi connectivity index (χ4n) is 1.48. The van der Waals surface area contributed by atoms with Crippen LogP contribution in [0.15, 0.2) is 30.3 Å². The lowest BCUT2D eigenvalue weighted by Gasteiger charge is -1.95. The average Bonchev–Trinajstić information content (AvgIpc) is 2.60. The van der Waals surface area contributed by atoms with Crippen molar-refractivity contribution in [2.75, 3.05) is 0 Å². The number of thiazole rings is 1. The van der Waals surface area contributed by atoms with E-state index in [0.29, 0.717) is 0 Å². The van der Waals surface area contributed by atoms with Gasteiger partial charge in [0.15, 0.2) is 0 Å². The van der Waals surface area contributed by atoms with Crippen LogP contribution in [0.2, 0.25) is 0 Å². The summed E-state index contributed by atoms with van der Waals surface area (Å²) in [6.07, 6.45) is 0.854. The molecule has 0 atom stereocenters. The van der Waals surface area contributed by atoms with Gasteiger partial charge in [0.25, 0.3) is 0 Å². The molecule has 2 rings (SSSR count). The minimum Gasteiger partial charge on any atom is -0.391 e.